The molecule has 2 heterocycles. The molecule has 3 aromatic carbocycles. The normalized spacial score (nSPS) is 18.8. The molecular formula is C34H32N2O9Si. The van der Waals surface area contributed by atoms with Gasteiger partial charge in [0.05, 0.1) is 35.7 Å². The molecule has 0 radical (unpaired) electrons. The van der Waals surface area contributed by atoms with E-state index in [1.807, 2.05) is 13.0 Å². The molecule has 6 rings (SSSR count). The molecular weight excluding hydrogens is 608 g/mol. The van der Waals surface area contributed by atoms with Crippen LogP contribution in [0.25, 0.3) is 16.7 Å². The van der Waals surface area contributed by atoms with Crippen molar-refractivity contribution in [1.82, 2.24) is 4.90 Å². The lowest BCUT2D eigenvalue weighted by molar-refractivity contribution is -0.384. The Morgan fingerprint density at radius 3 is 2.30 bits per heavy atom. The number of carbonyl (C=O) groups is 4. The zero-order chi connectivity index (χ0) is 33.1. The number of nitrogens with zero attached hydrogens (tertiary/aromatic N) is 2. The number of methoxy groups -OCH3 is 1. The predicted molar refractivity (Wildman–Crippen MR) is 169 cm³/mol. The molecule has 46 heavy (non-hydrogen) atoms. The van der Waals surface area contributed by atoms with Gasteiger partial charge in [0.1, 0.15) is 12.3 Å². The number of fused-ring (bicyclic) bond motifs is 4. The van der Waals surface area contributed by atoms with Gasteiger partial charge in [-0.05, 0) is 97.2 Å². The number of ketones is 1. The van der Waals surface area contributed by atoms with E-state index in [9.17, 15) is 29.3 Å². The van der Waals surface area contributed by atoms with Crippen molar-refractivity contribution >= 4 is 43.2 Å². The first kappa shape index (κ1) is 31.1. The highest BCUT2D eigenvalue weighted by molar-refractivity contribution is 6.69. The third-order valence-corrected chi connectivity index (χ3v) is 9.63. The van der Waals surface area contributed by atoms with Gasteiger partial charge in [-0.25, -0.2) is 9.59 Å². The van der Waals surface area contributed by atoms with Crippen LogP contribution in [-0.2, 0) is 30.1 Å². The van der Waals surface area contributed by atoms with Crippen molar-refractivity contribution in [2.45, 2.75) is 51.7 Å². The van der Waals surface area contributed by atoms with E-state index >= 15 is 0 Å². The zero-order valence-electron chi connectivity index (χ0n) is 26.0. The summed E-state index contributed by atoms with van der Waals surface area (Å²) in [6.45, 7) is 7.92. The number of hydrogen-bond acceptors (Lipinski definition) is 9. The van der Waals surface area contributed by atoms with Crippen LogP contribution in [0.4, 0.5) is 5.69 Å². The smallest absolute Gasteiger partial charge is 0.355 e. The van der Waals surface area contributed by atoms with Gasteiger partial charge in [0.2, 0.25) is 5.91 Å². The fraction of sp³-hybridized carbons (Fsp3) is 0.294. The predicted octanol–water partition coefficient (Wildman–Crippen LogP) is 5.52. The fourth-order valence-corrected chi connectivity index (χ4v) is 7.84. The highest BCUT2D eigenvalue weighted by Gasteiger charge is 2.58. The van der Waals surface area contributed by atoms with Gasteiger partial charge in [0.15, 0.2) is 14.1 Å². The topological polar surface area (TPSA) is 142 Å². The van der Waals surface area contributed by atoms with Crippen LogP contribution in [0.2, 0.25) is 19.6 Å². The molecule has 236 valence electrons. The van der Waals surface area contributed by atoms with E-state index in [0.717, 1.165) is 0 Å². The molecule has 1 saturated heterocycles. The molecule has 0 aromatic heterocycles. The Hall–Kier alpha value is -4.94. The third kappa shape index (κ3) is 5.33. The van der Waals surface area contributed by atoms with Crippen molar-refractivity contribution in [3.05, 3.63) is 104 Å². The molecule has 12 heteroatoms. The Kier molecular flexibility index (Phi) is 7.73. The number of nitro groups is 1. The third-order valence-electron chi connectivity index (χ3n) is 8.55. The molecule has 3 atom stereocenters. The van der Waals surface area contributed by atoms with Crippen molar-refractivity contribution in [2.24, 2.45) is 5.92 Å². The minimum absolute atomic E-state index is 0.0798. The molecule has 1 fully saturated rings. The van der Waals surface area contributed by atoms with Crippen molar-refractivity contribution < 1.29 is 38.0 Å². The molecule has 3 aliphatic rings. The zero-order valence-corrected chi connectivity index (χ0v) is 27.0. The molecule has 3 aromatic rings. The molecule has 1 aliphatic carbocycles. The van der Waals surface area contributed by atoms with Crippen LogP contribution in [0.5, 0.6) is 0 Å². The van der Waals surface area contributed by atoms with E-state index in [-0.39, 0.29) is 47.4 Å². The van der Waals surface area contributed by atoms with E-state index in [0.29, 0.717) is 45.4 Å². The van der Waals surface area contributed by atoms with Crippen molar-refractivity contribution in [3.8, 4) is 11.1 Å². The molecule has 0 bridgehead atoms. The van der Waals surface area contributed by atoms with E-state index in [1.54, 1.807) is 24.3 Å². The number of amides is 1. The number of benzene rings is 3. The maximum Gasteiger partial charge on any atom is 0.355 e. The number of β-lactam (4-membered cyclic amide) rings is 1. The van der Waals surface area contributed by atoms with Crippen LogP contribution in [0.15, 0.2) is 66.4 Å². The monoisotopic (exact) mass is 640 g/mol. The van der Waals surface area contributed by atoms with Crippen molar-refractivity contribution in [1.29, 1.82) is 0 Å². The summed E-state index contributed by atoms with van der Waals surface area (Å²) in [5.74, 6) is -2.11. The summed E-state index contributed by atoms with van der Waals surface area (Å²) >= 11 is 0. The molecule has 0 saturated carbocycles. The van der Waals surface area contributed by atoms with Gasteiger partial charge in [-0.1, -0.05) is 12.1 Å². The lowest BCUT2D eigenvalue weighted by Gasteiger charge is -2.47. The lowest BCUT2D eigenvalue weighted by atomic mass is 9.82. The first-order valence-corrected chi connectivity index (χ1v) is 18.3. The maximum atomic E-state index is 13.7. The second-order valence-electron chi connectivity index (χ2n) is 12.6. The van der Waals surface area contributed by atoms with Crippen LogP contribution in [0, 0.1) is 16.0 Å². The highest BCUT2D eigenvalue weighted by Crippen LogP contribution is 2.49. The SMILES string of the molecule is COC(=O)c1ccc2c(c1)C(=O)c1ccc(C3=C(C(=O)OCc4ccc([N+](=O)[O-])cc4)N4C(=O)[C@H]([C@@H](C)O[Si](C)(C)C)[C@H]4C3)cc1-2. The summed E-state index contributed by atoms with van der Waals surface area (Å²) in [5.41, 5.74) is 4.33. The van der Waals surface area contributed by atoms with E-state index in [4.69, 9.17) is 13.9 Å². The van der Waals surface area contributed by atoms with Gasteiger partial charge in [-0.3, -0.25) is 19.7 Å². The minimum Gasteiger partial charge on any atom is -0.465 e. The van der Waals surface area contributed by atoms with Crippen LogP contribution >= 0.6 is 0 Å². The van der Waals surface area contributed by atoms with Gasteiger partial charge >= 0.3 is 11.9 Å². The number of esters is 2. The first-order valence-electron chi connectivity index (χ1n) is 14.9. The van der Waals surface area contributed by atoms with E-state index in [1.165, 1.54) is 42.3 Å². The van der Waals surface area contributed by atoms with Crippen LogP contribution in [0.1, 0.15) is 50.8 Å². The summed E-state index contributed by atoms with van der Waals surface area (Å²) in [5, 5.41) is 11.0. The number of ether oxygens (including phenoxy) is 2. The molecule has 0 spiro atoms. The van der Waals surface area contributed by atoms with Gasteiger partial charge in [-0.15, -0.1) is 0 Å². The highest BCUT2D eigenvalue weighted by atomic mass is 28.4. The standard InChI is InChI=1S/C34H32N2O9Si/c1-18(45-46(3,4)5)29-28-16-25(30(35(28)32(29)38)34(40)44-17-19-6-10-22(11-7-19)36(41)42)20-8-13-24-26(14-20)23-12-9-21(33(39)43-2)15-27(23)31(24)37/h6-15,18,28-29H,16-17H2,1-5H3/t18-,28-,29-/m1/s1. The summed E-state index contributed by atoms with van der Waals surface area (Å²) in [6, 6.07) is 15.5. The average Bonchev–Trinajstić information content (AvgIpc) is 3.50. The van der Waals surface area contributed by atoms with E-state index in [2.05, 4.69) is 19.6 Å². The summed E-state index contributed by atoms with van der Waals surface area (Å²) in [6.07, 6.45) is 0.0456. The quantitative estimate of drug-likeness (QED) is 0.0760. The van der Waals surface area contributed by atoms with Gasteiger partial charge in [0.25, 0.3) is 5.69 Å². The number of non-ortho nitro benzene ring substituents is 1. The van der Waals surface area contributed by atoms with Crippen molar-refractivity contribution in [3.63, 3.8) is 0 Å². The Morgan fingerprint density at radius 2 is 1.65 bits per heavy atom. The molecule has 11 nitrogen and oxygen atoms in total. The second kappa shape index (κ2) is 11.4. The minimum atomic E-state index is -1.96. The number of rotatable bonds is 9. The summed E-state index contributed by atoms with van der Waals surface area (Å²) in [4.78, 5) is 64.7. The molecule has 1 amide bonds. The number of hydrogen-bond donors (Lipinski definition) is 0. The second-order valence-corrected chi connectivity index (χ2v) is 17.1. The van der Waals surface area contributed by atoms with Gasteiger partial charge < -0.3 is 18.8 Å². The fourth-order valence-electron chi connectivity index (χ4n) is 6.57. The number of nitro benzene ring substituents is 1. The van der Waals surface area contributed by atoms with E-state index < -0.39 is 31.1 Å². The number of carbonyl (C=O) groups excluding carboxylic acids is 4. The maximum absolute atomic E-state index is 13.7. The Morgan fingerprint density at radius 1 is 0.957 bits per heavy atom. The van der Waals surface area contributed by atoms with Crippen LogP contribution < -0.4 is 0 Å². The average molecular weight is 641 g/mol. The van der Waals surface area contributed by atoms with Crippen LogP contribution in [-0.4, -0.2) is 61.0 Å². The van der Waals surface area contributed by atoms with Crippen molar-refractivity contribution in [2.75, 3.05) is 7.11 Å². The van der Waals surface area contributed by atoms with Gasteiger partial charge in [-0.2, -0.15) is 0 Å². The Labute approximate surface area is 266 Å². The van der Waals surface area contributed by atoms with Crippen LogP contribution in [0.3, 0.4) is 0 Å². The largest absolute Gasteiger partial charge is 0.465 e. The van der Waals surface area contributed by atoms with Gasteiger partial charge in [0, 0.05) is 23.3 Å². The Balaban J connectivity index is 1.35. The lowest BCUT2D eigenvalue weighted by Crippen LogP contribution is -2.63. The Bertz CT molecular complexity index is 1860. The first-order chi connectivity index (χ1) is 21.8. The molecule has 2 aliphatic heterocycles. The molecule has 0 unspecified atom stereocenters. The summed E-state index contributed by atoms with van der Waals surface area (Å²) in [7, 11) is -0.688. The molecule has 0 N–H and O–H groups in total. The summed E-state index contributed by atoms with van der Waals surface area (Å²) < 4.78 is 16.8.